The molecule has 0 radical (unpaired) electrons. The Kier molecular flexibility index (Phi) is 2.33. The summed E-state index contributed by atoms with van der Waals surface area (Å²) in [5.41, 5.74) is 4.12. The number of pyridine rings is 1. The lowest BCUT2D eigenvalue weighted by Crippen LogP contribution is -2.19. The van der Waals surface area contributed by atoms with Gasteiger partial charge in [0.1, 0.15) is 0 Å². The molecule has 16 heavy (non-hydrogen) atoms. The molecule has 0 spiro atoms. The summed E-state index contributed by atoms with van der Waals surface area (Å²) in [4.78, 5) is 4.02. The first-order chi connectivity index (χ1) is 7.92. The molecule has 0 fully saturated rings. The number of hydrogen-bond donors (Lipinski definition) is 1. The summed E-state index contributed by atoms with van der Waals surface area (Å²) in [6.07, 6.45) is 5.89. The van der Waals surface area contributed by atoms with E-state index in [1.165, 1.54) is 11.1 Å². The lowest BCUT2D eigenvalue weighted by atomic mass is 10.1. The van der Waals surface area contributed by atoms with E-state index in [0.29, 0.717) is 6.04 Å². The Hall–Kier alpha value is -1.83. The van der Waals surface area contributed by atoms with Crippen LogP contribution in [0.2, 0.25) is 0 Å². The van der Waals surface area contributed by atoms with E-state index in [1.54, 1.807) is 0 Å². The molecule has 0 saturated carbocycles. The summed E-state index contributed by atoms with van der Waals surface area (Å²) in [5.74, 6) is 0. The summed E-state index contributed by atoms with van der Waals surface area (Å²) in [6, 6.07) is 13.3. The van der Waals surface area contributed by atoms with Gasteiger partial charge in [0.15, 0.2) is 0 Å². The van der Waals surface area contributed by atoms with Crippen molar-refractivity contribution in [2.24, 2.45) is 0 Å². The molecule has 1 N–H and O–H groups in total. The van der Waals surface area contributed by atoms with Crippen LogP contribution in [0.3, 0.4) is 0 Å². The summed E-state index contributed by atoms with van der Waals surface area (Å²) in [6.45, 7) is 0. The van der Waals surface area contributed by atoms with Gasteiger partial charge in [0.05, 0.1) is 0 Å². The molecule has 3 rings (SSSR count). The first-order valence-electron chi connectivity index (χ1n) is 5.65. The summed E-state index contributed by atoms with van der Waals surface area (Å²) in [5, 5.41) is 3.55. The number of benzene rings is 1. The van der Waals surface area contributed by atoms with Crippen LogP contribution in [0.5, 0.6) is 0 Å². The average molecular weight is 210 g/mol. The minimum absolute atomic E-state index is 0.528. The van der Waals surface area contributed by atoms with Crippen molar-refractivity contribution in [1.29, 1.82) is 0 Å². The van der Waals surface area contributed by atoms with E-state index in [2.05, 4.69) is 34.6 Å². The lowest BCUT2D eigenvalue weighted by Gasteiger charge is -2.12. The molecule has 0 atom stereocenters. The van der Waals surface area contributed by atoms with Crippen molar-refractivity contribution in [3.8, 4) is 0 Å². The zero-order chi connectivity index (χ0) is 10.8. The molecule has 0 aliphatic heterocycles. The number of nitrogens with one attached hydrogen (secondary N) is 1. The van der Waals surface area contributed by atoms with Gasteiger partial charge in [-0.25, -0.2) is 0 Å². The van der Waals surface area contributed by atoms with Crippen molar-refractivity contribution >= 4 is 5.69 Å². The molecule has 1 aliphatic carbocycles. The molecule has 1 heterocycles. The van der Waals surface area contributed by atoms with Gasteiger partial charge >= 0.3 is 0 Å². The Morgan fingerprint density at radius 1 is 0.938 bits per heavy atom. The Morgan fingerprint density at radius 3 is 2.19 bits per heavy atom. The van der Waals surface area contributed by atoms with E-state index >= 15 is 0 Å². The number of anilines is 1. The van der Waals surface area contributed by atoms with Gasteiger partial charge in [-0.2, -0.15) is 0 Å². The maximum absolute atomic E-state index is 4.02. The molecule has 1 aromatic heterocycles. The number of fused-ring (bicyclic) bond motifs is 1. The molecule has 1 aromatic carbocycles. The molecule has 0 amide bonds. The first kappa shape index (κ1) is 9.40. The largest absolute Gasteiger partial charge is 0.382 e. The van der Waals surface area contributed by atoms with Gasteiger partial charge in [-0.15, -0.1) is 0 Å². The molecule has 2 nitrogen and oxygen atoms in total. The number of aromatic nitrogens is 1. The van der Waals surface area contributed by atoms with Crippen molar-refractivity contribution in [2.45, 2.75) is 18.9 Å². The van der Waals surface area contributed by atoms with E-state index in [4.69, 9.17) is 0 Å². The topological polar surface area (TPSA) is 24.9 Å². The van der Waals surface area contributed by atoms with Crippen LogP contribution in [0.1, 0.15) is 11.1 Å². The van der Waals surface area contributed by atoms with Gasteiger partial charge in [-0.3, -0.25) is 4.98 Å². The molecule has 80 valence electrons. The maximum atomic E-state index is 4.02. The predicted molar refractivity (Wildman–Crippen MR) is 65.5 cm³/mol. The van der Waals surface area contributed by atoms with Gasteiger partial charge < -0.3 is 5.32 Å². The van der Waals surface area contributed by atoms with Gasteiger partial charge in [-0.05, 0) is 36.1 Å². The summed E-state index contributed by atoms with van der Waals surface area (Å²) in [7, 11) is 0. The molecule has 0 unspecified atom stereocenters. The van der Waals surface area contributed by atoms with Crippen LogP contribution in [0, 0.1) is 0 Å². The van der Waals surface area contributed by atoms with E-state index in [0.717, 1.165) is 18.5 Å². The third-order valence-corrected chi connectivity index (χ3v) is 3.10. The Labute approximate surface area is 95.3 Å². The predicted octanol–water partition coefficient (Wildman–Crippen LogP) is 2.66. The zero-order valence-electron chi connectivity index (χ0n) is 9.06. The van der Waals surface area contributed by atoms with Crippen molar-refractivity contribution in [3.63, 3.8) is 0 Å². The molecular weight excluding hydrogens is 196 g/mol. The molecule has 1 aliphatic rings. The Bertz CT molecular complexity index is 454. The maximum Gasteiger partial charge on any atom is 0.0373 e. The highest BCUT2D eigenvalue weighted by atomic mass is 14.9. The van der Waals surface area contributed by atoms with Gasteiger partial charge in [0.2, 0.25) is 0 Å². The van der Waals surface area contributed by atoms with Crippen molar-refractivity contribution in [1.82, 2.24) is 4.98 Å². The van der Waals surface area contributed by atoms with Crippen LogP contribution in [0.15, 0.2) is 48.8 Å². The summed E-state index contributed by atoms with van der Waals surface area (Å²) < 4.78 is 0. The highest BCUT2D eigenvalue weighted by Gasteiger charge is 2.20. The Balaban J connectivity index is 1.73. The second kappa shape index (κ2) is 3.97. The average Bonchev–Trinajstić information content (AvgIpc) is 2.72. The second-order valence-corrected chi connectivity index (χ2v) is 4.25. The van der Waals surface area contributed by atoms with Crippen LogP contribution in [-0.4, -0.2) is 11.0 Å². The fraction of sp³-hybridized carbons (Fsp3) is 0.214. The van der Waals surface area contributed by atoms with Crippen LogP contribution < -0.4 is 5.32 Å². The van der Waals surface area contributed by atoms with E-state index in [9.17, 15) is 0 Å². The minimum Gasteiger partial charge on any atom is -0.382 e. The monoisotopic (exact) mass is 210 g/mol. The molecule has 0 bridgehead atoms. The third kappa shape index (κ3) is 1.78. The van der Waals surface area contributed by atoms with Crippen molar-refractivity contribution in [2.75, 3.05) is 5.32 Å². The van der Waals surface area contributed by atoms with Gasteiger partial charge in [-0.1, -0.05) is 24.3 Å². The van der Waals surface area contributed by atoms with Crippen LogP contribution in [0.25, 0.3) is 0 Å². The molecule has 2 heteroatoms. The smallest absolute Gasteiger partial charge is 0.0373 e. The van der Waals surface area contributed by atoms with Gasteiger partial charge in [0.25, 0.3) is 0 Å². The lowest BCUT2D eigenvalue weighted by molar-refractivity contribution is 0.774. The molecule has 2 aromatic rings. The standard InChI is InChI=1S/C14H14N2/c1-2-4-12-10-14(9-11(12)3-1)16-13-5-7-15-8-6-13/h1-8,14H,9-10H2,(H,15,16). The fourth-order valence-corrected chi connectivity index (χ4v) is 2.34. The SMILES string of the molecule is c1ccc2c(c1)CC(Nc1ccncc1)C2. The normalized spacial score (nSPS) is 14.8. The van der Waals surface area contributed by atoms with Crippen molar-refractivity contribution < 1.29 is 0 Å². The number of hydrogen-bond acceptors (Lipinski definition) is 2. The highest BCUT2D eigenvalue weighted by Crippen LogP contribution is 2.24. The fourth-order valence-electron chi connectivity index (χ4n) is 2.34. The van der Waals surface area contributed by atoms with Crippen LogP contribution in [-0.2, 0) is 12.8 Å². The van der Waals surface area contributed by atoms with E-state index in [1.807, 2.05) is 24.5 Å². The molecular formula is C14H14N2. The van der Waals surface area contributed by atoms with Gasteiger partial charge in [0, 0.05) is 24.1 Å². The van der Waals surface area contributed by atoms with Crippen LogP contribution in [0.4, 0.5) is 5.69 Å². The second-order valence-electron chi connectivity index (χ2n) is 4.25. The first-order valence-corrected chi connectivity index (χ1v) is 5.65. The summed E-state index contributed by atoms with van der Waals surface area (Å²) >= 11 is 0. The minimum atomic E-state index is 0.528. The highest BCUT2D eigenvalue weighted by molar-refractivity contribution is 5.45. The Morgan fingerprint density at radius 2 is 1.56 bits per heavy atom. The van der Waals surface area contributed by atoms with Crippen molar-refractivity contribution in [3.05, 3.63) is 59.9 Å². The van der Waals surface area contributed by atoms with E-state index in [-0.39, 0.29) is 0 Å². The number of nitrogens with zero attached hydrogens (tertiary/aromatic N) is 1. The zero-order valence-corrected chi connectivity index (χ0v) is 9.06. The number of rotatable bonds is 2. The molecule has 0 saturated heterocycles. The van der Waals surface area contributed by atoms with E-state index < -0.39 is 0 Å². The third-order valence-electron chi connectivity index (χ3n) is 3.10. The van der Waals surface area contributed by atoms with Crippen LogP contribution >= 0.6 is 0 Å². The quantitative estimate of drug-likeness (QED) is 0.824.